The summed E-state index contributed by atoms with van der Waals surface area (Å²) in [6, 6.07) is 13.3. The number of rotatable bonds is 6. The third kappa shape index (κ3) is 5.11. The van der Waals surface area contributed by atoms with Gasteiger partial charge in [-0.3, -0.25) is 14.5 Å². The van der Waals surface area contributed by atoms with Crippen molar-refractivity contribution in [2.75, 3.05) is 11.9 Å². The molecule has 1 heterocycles. The number of carbonyl (C=O) groups excluding carboxylic acids is 2. The van der Waals surface area contributed by atoms with Crippen LogP contribution in [0.5, 0.6) is 0 Å². The number of thiazole rings is 1. The minimum atomic E-state index is -0.517. The summed E-state index contributed by atoms with van der Waals surface area (Å²) < 4.78 is 14.2. The molecular weight excluding hydrogens is 425 g/mol. The highest BCUT2D eigenvalue weighted by Crippen LogP contribution is 2.31. The van der Waals surface area contributed by atoms with Gasteiger partial charge >= 0.3 is 0 Å². The topological polar surface area (TPSA) is 53.5 Å². The molecule has 0 fully saturated rings. The molecular formula is C22H19ClFN3O2S. The fourth-order valence-corrected chi connectivity index (χ4v) is 3.78. The lowest BCUT2D eigenvalue weighted by atomic mass is 10.2. The van der Waals surface area contributed by atoms with Gasteiger partial charge in [-0.25, -0.2) is 9.37 Å². The van der Waals surface area contributed by atoms with Crippen LogP contribution in [0.15, 0.2) is 60.0 Å². The van der Waals surface area contributed by atoms with Crippen LogP contribution in [-0.2, 0) is 16.1 Å². The van der Waals surface area contributed by atoms with Crippen molar-refractivity contribution in [3.05, 3.63) is 82.1 Å². The maximum absolute atomic E-state index is 14.2. The first kappa shape index (κ1) is 21.7. The van der Waals surface area contributed by atoms with Gasteiger partial charge in [0.25, 0.3) is 0 Å². The van der Waals surface area contributed by atoms with Crippen LogP contribution in [0.4, 0.5) is 15.2 Å². The summed E-state index contributed by atoms with van der Waals surface area (Å²) in [5.41, 5.74) is 1.48. The Balaban J connectivity index is 1.73. The van der Waals surface area contributed by atoms with Crippen molar-refractivity contribution in [3.8, 4) is 0 Å². The lowest BCUT2D eigenvalue weighted by Crippen LogP contribution is -2.24. The first-order valence-electron chi connectivity index (χ1n) is 9.04. The Morgan fingerprint density at radius 1 is 1.17 bits per heavy atom. The minimum Gasteiger partial charge on any atom is -0.338 e. The Morgan fingerprint density at radius 2 is 1.87 bits per heavy atom. The number of likely N-dealkylation sites (N-methyl/N-ethyl adjacent to an activating group) is 1. The Kier molecular flexibility index (Phi) is 6.97. The summed E-state index contributed by atoms with van der Waals surface area (Å²) in [6.07, 6.45) is 2.96. The highest BCUT2D eigenvalue weighted by atomic mass is 35.5. The van der Waals surface area contributed by atoms with E-state index in [-0.39, 0.29) is 17.5 Å². The van der Waals surface area contributed by atoms with Crippen LogP contribution < -0.4 is 4.90 Å². The molecule has 3 rings (SSSR count). The van der Waals surface area contributed by atoms with Crippen molar-refractivity contribution in [2.24, 2.45) is 0 Å². The van der Waals surface area contributed by atoms with E-state index in [4.69, 9.17) is 11.6 Å². The number of benzene rings is 2. The average Bonchev–Trinajstić information content (AvgIpc) is 3.17. The molecule has 0 N–H and O–H groups in total. The molecule has 2 amide bonds. The molecule has 2 aromatic carbocycles. The van der Waals surface area contributed by atoms with E-state index in [2.05, 4.69) is 4.98 Å². The molecule has 3 aromatic rings. The van der Waals surface area contributed by atoms with Gasteiger partial charge in [-0.05, 0) is 29.8 Å². The van der Waals surface area contributed by atoms with Gasteiger partial charge in [-0.15, -0.1) is 11.3 Å². The number of hydrogen-bond donors (Lipinski definition) is 0. The lowest BCUT2D eigenvalue weighted by Gasteiger charge is -2.18. The minimum absolute atomic E-state index is 0.130. The van der Waals surface area contributed by atoms with E-state index in [0.29, 0.717) is 22.4 Å². The van der Waals surface area contributed by atoms with E-state index in [1.54, 1.807) is 36.7 Å². The second-order valence-corrected chi connectivity index (χ2v) is 7.72. The Labute approximate surface area is 183 Å². The summed E-state index contributed by atoms with van der Waals surface area (Å²) in [4.78, 5) is 31.6. The number of amides is 2. The van der Waals surface area contributed by atoms with Gasteiger partial charge in [-0.2, -0.15) is 0 Å². The van der Waals surface area contributed by atoms with Crippen LogP contribution in [0.1, 0.15) is 18.2 Å². The van der Waals surface area contributed by atoms with Crippen molar-refractivity contribution in [1.82, 2.24) is 9.88 Å². The van der Waals surface area contributed by atoms with Gasteiger partial charge in [0.15, 0.2) is 5.13 Å². The van der Waals surface area contributed by atoms with Gasteiger partial charge in [0.1, 0.15) is 5.82 Å². The number of aromatic nitrogens is 1. The van der Waals surface area contributed by atoms with E-state index in [0.717, 1.165) is 5.56 Å². The van der Waals surface area contributed by atoms with E-state index in [1.807, 2.05) is 18.2 Å². The SMILES string of the molecule is CC(=O)N(c1nc(C=CC(=O)N(C)Cc2ccccc2Cl)cs1)c1ccccc1F. The van der Waals surface area contributed by atoms with Crippen molar-refractivity contribution in [3.63, 3.8) is 0 Å². The van der Waals surface area contributed by atoms with E-state index < -0.39 is 5.82 Å². The molecule has 5 nitrogen and oxygen atoms in total. The zero-order valence-corrected chi connectivity index (χ0v) is 18.0. The van der Waals surface area contributed by atoms with Crippen LogP contribution in [0.2, 0.25) is 5.02 Å². The average molecular weight is 444 g/mol. The maximum atomic E-state index is 14.2. The number of nitrogens with zero attached hydrogens (tertiary/aromatic N) is 3. The molecule has 0 radical (unpaired) electrons. The van der Waals surface area contributed by atoms with Crippen molar-refractivity contribution >= 4 is 51.6 Å². The standard InChI is InChI=1S/C22H19ClFN3O2S/c1-15(28)27(20-10-6-5-9-19(20)24)22-25-17(14-30-22)11-12-21(29)26(2)13-16-7-3-4-8-18(16)23/h3-12,14H,13H2,1-2H3. The second-order valence-electron chi connectivity index (χ2n) is 6.48. The maximum Gasteiger partial charge on any atom is 0.246 e. The number of carbonyl (C=O) groups is 2. The van der Waals surface area contributed by atoms with Crippen molar-refractivity contribution in [2.45, 2.75) is 13.5 Å². The summed E-state index contributed by atoms with van der Waals surface area (Å²) in [7, 11) is 1.68. The molecule has 154 valence electrons. The van der Waals surface area contributed by atoms with E-state index in [1.165, 1.54) is 46.3 Å². The zero-order chi connectivity index (χ0) is 21.7. The molecule has 0 saturated heterocycles. The summed E-state index contributed by atoms with van der Waals surface area (Å²) in [5, 5.41) is 2.62. The molecule has 0 spiro atoms. The molecule has 0 bridgehead atoms. The fourth-order valence-electron chi connectivity index (χ4n) is 2.74. The molecule has 0 aliphatic rings. The molecule has 1 aromatic heterocycles. The van der Waals surface area contributed by atoms with Crippen LogP contribution in [0, 0.1) is 5.82 Å². The van der Waals surface area contributed by atoms with E-state index in [9.17, 15) is 14.0 Å². The molecule has 8 heteroatoms. The molecule has 0 unspecified atom stereocenters. The summed E-state index contributed by atoms with van der Waals surface area (Å²) in [5.74, 6) is -1.10. The fraction of sp³-hybridized carbons (Fsp3) is 0.136. The van der Waals surface area contributed by atoms with Crippen LogP contribution in [0.3, 0.4) is 0 Å². The number of halogens is 2. The highest BCUT2D eigenvalue weighted by molar-refractivity contribution is 7.14. The van der Waals surface area contributed by atoms with E-state index >= 15 is 0 Å². The Bertz CT molecular complexity index is 1100. The molecule has 0 aliphatic heterocycles. The first-order chi connectivity index (χ1) is 14.4. The van der Waals surface area contributed by atoms with Crippen LogP contribution in [-0.4, -0.2) is 28.7 Å². The van der Waals surface area contributed by atoms with Crippen LogP contribution in [0.25, 0.3) is 6.08 Å². The predicted molar refractivity (Wildman–Crippen MR) is 118 cm³/mol. The quantitative estimate of drug-likeness (QED) is 0.486. The van der Waals surface area contributed by atoms with Crippen LogP contribution >= 0.6 is 22.9 Å². The van der Waals surface area contributed by atoms with Gasteiger partial charge in [-0.1, -0.05) is 41.9 Å². The van der Waals surface area contributed by atoms with Gasteiger partial charge in [0.05, 0.1) is 11.4 Å². The van der Waals surface area contributed by atoms with Gasteiger partial charge in [0.2, 0.25) is 11.8 Å². The monoisotopic (exact) mass is 443 g/mol. The largest absolute Gasteiger partial charge is 0.338 e. The van der Waals surface area contributed by atoms with Gasteiger partial charge < -0.3 is 4.90 Å². The van der Waals surface area contributed by atoms with Gasteiger partial charge in [0, 0.05) is 37.0 Å². The van der Waals surface area contributed by atoms with Crippen molar-refractivity contribution < 1.29 is 14.0 Å². The Morgan fingerprint density at radius 3 is 2.57 bits per heavy atom. The molecule has 0 atom stereocenters. The van der Waals surface area contributed by atoms with Crippen molar-refractivity contribution in [1.29, 1.82) is 0 Å². The predicted octanol–water partition coefficient (Wildman–Crippen LogP) is 5.29. The number of hydrogen-bond acceptors (Lipinski definition) is 4. The summed E-state index contributed by atoms with van der Waals surface area (Å²) >= 11 is 7.33. The molecule has 30 heavy (non-hydrogen) atoms. The third-order valence-corrected chi connectivity index (χ3v) is 5.46. The first-order valence-corrected chi connectivity index (χ1v) is 10.3. The molecule has 0 saturated carbocycles. The second kappa shape index (κ2) is 9.65. The third-order valence-electron chi connectivity index (χ3n) is 4.25. The smallest absolute Gasteiger partial charge is 0.246 e. The zero-order valence-electron chi connectivity index (χ0n) is 16.4. The highest BCUT2D eigenvalue weighted by Gasteiger charge is 2.20. The number of para-hydroxylation sites is 1. The normalized spacial score (nSPS) is 10.9. The summed E-state index contributed by atoms with van der Waals surface area (Å²) in [6.45, 7) is 1.72. The lowest BCUT2D eigenvalue weighted by molar-refractivity contribution is -0.125. The molecule has 0 aliphatic carbocycles. The number of anilines is 2. The Hall–Kier alpha value is -3.03.